The van der Waals surface area contributed by atoms with Gasteiger partial charge < -0.3 is 15.0 Å². The van der Waals surface area contributed by atoms with E-state index in [1.54, 1.807) is 14.1 Å². The van der Waals surface area contributed by atoms with Crippen molar-refractivity contribution in [2.45, 2.75) is 44.1 Å². The van der Waals surface area contributed by atoms with Gasteiger partial charge in [-0.05, 0) is 74.5 Å². The van der Waals surface area contributed by atoms with E-state index in [0.29, 0.717) is 29.8 Å². The van der Waals surface area contributed by atoms with E-state index >= 15 is 0 Å². The van der Waals surface area contributed by atoms with Gasteiger partial charge in [-0.3, -0.25) is 9.69 Å². The number of amides is 2. The Morgan fingerprint density at radius 2 is 1.85 bits per heavy atom. The summed E-state index contributed by atoms with van der Waals surface area (Å²) in [5, 5.41) is 3.02. The third kappa shape index (κ3) is 5.87. The van der Waals surface area contributed by atoms with Crippen molar-refractivity contribution in [2.24, 2.45) is 0 Å². The van der Waals surface area contributed by atoms with Crippen LogP contribution in [-0.4, -0.2) is 61.6 Å². The molecule has 1 N–H and O–H groups in total. The number of unbranched alkanes of at least 4 members (excludes halogenated alkanes) is 1. The van der Waals surface area contributed by atoms with E-state index in [1.165, 1.54) is 16.0 Å². The molecule has 4 rings (SSSR count). The third-order valence-electron chi connectivity index (χ3n) is 6.68. The van der Waals surface area contributed by atoms with Crippen LogP contribution in [0.25, 0.3) is 0 Å². The standard InChI is InChI=1S/C26H33N3O3.ClH/c1-28(2)26(31)32-24-12-8-11-20-21-15-18-29(23(21)14-13-22(20)24)17-7-6-16-27-25(30)19-9-4-3-5-10-19;/h3-5,8-12,21,23H,6-7,13-18H2,1-2H3,(H,27,30);1H/t21-,23+;/m1./s1. The predicted molar refractivity (Wildman–Crippen MR) is 132 cm³/mol. The lowest BCUT2D eigenvalue weighted by molar-refractivity contribution is 0.0952. The largest absolute Gasteiger partial charge is 0.414 e. The molecule has 2 aromatic carbocycles. The minimum atomic E-state index is -0.326. The molecule has 2 aromatic rings. The smallest absolute Gasteiger partial charge is 0.410 e. The number of carbonyl (C=O) groups is 2. The van der Waals surface area contributed by atoms with Crippen LogP contribution in [0.3, 0.4) is 0 Å². The summed E-state index contributed by atoms with van der Waals surface area (Å²) in [6.07, 6.45) is 4.91. The van der Waals surface area contributed by atoms with Crippen LogP contribution in [0, 0.1) is 0 Å². The number of ether oxygens (including phenoxy) is 1. The van der Waals surface area contributed by atoms with Crippen LogP contribution in [0.5, 0.6) is 5.75 Å². The molecule has 0 bridgehead atoms. The van der Waals surface area contributed by atoms with Crippen molar-refractivity contribution in [1.82, 2.24) is 15.1 Å². The van der Waals surface area contributed by atoms with Crippen LogP contribution >= 0.6 is 12.4 Å². The van der Waals surface area contributed by atoms with Crippen molar-refractivity contribution in [3.8, 4) is 5.75 Å². The average molecular weight is 472 g/mol. The minimum absolute atomic E-state index is 0. The third-order valence-corrected chi connectivity index (χ3v) is 6.68. The fourth-order valence-corrected chi connectivity index (χ4v) is 5.05. The summed E-state index contributed by atoms with van der Waals surface area (Å²) in [5.41, 5.74) is 3.27. The number of carbonyl (C=O) groups excluding carboxylic acids is 2. The van der Waals surface area contributed by atoms with Crippen LogP contribution in [0.1, 0.15) is 53.1 Å². The molecule has 0 aromatic heterocycles. The summed E-state index contributed by atoms with van der Waals surface area (Å²) in [4.78, 5) is 28.3. The quantitative estimate of drug-likeness (QED) is 0.604. The van der Waals surface area contributed by atoms with E-state index in [2.05, 4.69) is 16.3 Å². The summed E-state index contributed by atoms with van der Waals surface area (Å²) in [5.74, 6) is 1.23. The summed E-state index contributed by atoms with van der Waals surface area (Å²) < 4.78 is 5.63. The zero-order valence-corrected chi connectivity index (χ0v) is 20.3. The maximum atomic E-state index is 12.1. The van der Waals surface area contributed by atoms with Crippen molar-refractivity contribution in [1.29, 1.82) is 0 Å². The van der Waals surface area contributed by atoms with Crippen LogP contribution in [0.15, 0.2) is 48.5 Å². The fourth-order valence-electron chi connectivity index (χ4n) is 5.05. The first kappa shape index (κ1) is 25.1. The second-order valence-corrected chi connectivity index (χ2v) is 8.95. The monoisotopic (exact) mass is 471 g/mol. The number of nitrogens with zero attached hydrogens (tertiary/aromatic N) is 2. The highest BCUT2D eigenvalue weighted by Crippen LogP contribution is 2.44. The molecule has 2 aliphatic rings. The molecular weight excluding hydrogens is 438 g/mol. The second kappa shape index (κ2) is 11.5. The van der Waals surface area contributed by atoms with Gasteiger partial charge in [-0.1, -0.05) is 30.3 Å². The molecule has 1 aliphatic heterocycles. The molecular formula is C26H34ClN3O3. The van der Waals surface area contributed by atoms with Crippen molar-refractivity contribution in [2.75, 3.05) is 33.7 Å². The van der Waals surface area contributed by atoms with E-state index in [4.69, 9.17) is 4.74 Å². The summed E-state index contributed by atoms with van der Waals surface area (Å²) in [6, 6.07) is 16.1. The molecule has 33 heavy (non-hydrogen) atoms. The molecule has 0 spiro atoms. The van der Waals surface area contributed by atoms with Gasteiger partial charge in [-0.25, -0.2) is 4.79 Å². The average Bonchev–Trinajstić information content (AvgIpc) is 3.23. The number of likely N-dealkylation sites (tertiary alicyclic amines) is 1. The number of halogens is 1. The highest BCUT2D eigenvalue weighted by atomic mass is 35.5. The normalized spacial score (nSPS) is 19.1. The van der Waals surface area contributed by atoms with Crippen LogP contribution in [0.2, 0.25) is 0 Å². The number of hydrogen-bond acceptors (Lipinski definition) is 4. The molecule has 1 heterocycles. The van der Waals surface area contributed by atoms with Crippen LogP contribution in [-0.2, 0) is 6.42 Å². The number of fused-ring (bicyclic) bond motifs is 3. The lowest BCUT2D eigenvalue weighted by atomic mass is 9.79. The van der Waals surface area contributed by atoms with Gasteiger partial charge in [0.2, 0.25) is 0 Å². The Labute approximate surface area is 202 Å². The first-order valence-corrected chi connectivity index (χ1v) is 11.6. The second-order valence-electron chi connectivity index (χ2n) is 8.95. The molecule has 2 amide bonds. The van der Waals surface area contributed by atoms with Crippen molar-refractivity contribution < 1.29 is 14.3 Å². The van der Waals surface area contributed by atoms with E-state index in [-0.39, 0.29) is 24.4 Å². The fraction of sp³-hybridized carbons (Fsp3) is 0.462. The Morgan fingerprint density at radius 1 is 1.06 bits per heavy atom. The Kier molecular flexibility index (Phi) is 8.75. The first-order valence-electron chi connectivity index (χ1n) is 11.6. The molecule has 178 valence electrons. The molecule has 0 unspecified atom stereocenters. The zero-order valence-electron chi connectivity index (χ0n) is 19.5. The number of rotatable bonds is 7. The van der Waals surface area contributed by atoms with Crippen LogP contribution in [0.4, 0.5) is 4.79 Å². The van der Waals surface area contributed by atoms with E-state index in [9.17, 15) is 9.59 Å². The van der Waals surface area contributed by atoms with Crippen molar-refractivity contribution in [3.05, 3.63) is 65.2 Å². The van der Waals surface area contributed by atoms with Gasteiger partial charge in [0, 0.05) is 38.2 Å². The SMILES string of the molecule is CN(C)C(=O)Oc1cccc2c1CC[C@H]1[C@@H]2CCN1CCCCNC(=O)c1ccccc1.Cl. The van der Waals surface area contributed by atoms with Gasteiger partial charge in [0.25, 0.3) is 5.91 Å². The predicted octanol–water partition coefficient (Wildman–Crippen LogP) is 4.48. The number of benzene rings is 2. The van der Waals surface area contributed by atoms with Crippen molar-refractivity contribution >= 4 is 24.4 Å². The van der Waals surface area contributed by atoms with Gasteiger partial charge >= 0.3 is 6.09 Å². The maximum Gasteiger partial charge on any atom is 0.414 e. The van der Waals surface area contributed by atoms with E-state index in [1.807, 2.05) is 42.5 Å². The highest BCUT2D eigenvalue weighted by Gasteiger charge is 2.39. The lowest BCUT2D eigenvalue weighted by Gasteiger charge is -2.34. The van der Waals surface area contributed by atoms with Gasteiger partial charge in [0.1, 0.15) is 5.75 Å². The topological polar surface area (TPSA) is 61.9 Å². The Hall–Kier alpha value is -2.57. The molecule has 7 heteroatoms. The summed E-state index contributed by atoms with van der Waals surface area (Å²) in [6.45, 7) is 2.87. The zero-order chi connectivity index (χ0) is 22.5. The molecule has 1 saturated heterocycles. The van der Waals surface area contributed by atoms with Gasteiger partial charge in [0.05, 0.1) is 0 Å². The first-order chi connectivity index (χ1) is 15.5. The van der Waals surface area contributed by atoms with E-state index < -0.39 is 0 Å². The number of nitrogens with one attached hydrogen (secondary N) is 1. The van der Waals surface area contributed by atoms with Gasteiger partial charge in [0.15, 0.2) is 0 Å². The van der Waals surface area contributed by atoms with Crippen LogP contribution < -0.4 is 10.1 Å². The summed E-state index contributed by atoms with van der Waals surface area (Å²) in [7, 11) is 3.41. The summed E-state index contributed by atoms with van der Waals surface area (Å²) >= 11 is 0. The van der Waals surface area contributed by atoms with Crippen molar-refractivity contribution in [3.63, 3.8) is 0 Å². The highest BCUT2D eigenvalue weighted by molar-refractivity contribution is 5.94. The Morgan fingerprint density at radius 3 is 2.61 bits per heavy atom. The molecule has 1 aliphatic carbocycles. The minimum Gasteiger partial charge on any atom is -0.410 e. The van der Waals surface area contributed by atoms with E-state index in [0.717, 1.165) is 45.2 Å². The molecule has 1 fully saturated rings. The Balaban J connectivity index is 0.00000306. The van der Waals surface area contributed by atoms with Gasteiger partial charge in [-0.2, -0.15) is 0 Å². The molecule has 2 atom stereocenters. The number of hydrogen-bond donors (Lipinski definition) is 1. The molecule has 0 saturated carbocycles. The maximum absolute atomic E-state index is 12.1. The molecule has 0 radical (unpaired) electrons. The van der Waals surface area contributed by atoms with Gasteiger partial charge in [-0.15, -0.1) is 12.4 Å². The Bertz CT molecular complexity index is 951. The lowest BCUT2D eigenvalue weighted by Crippen LogP contribution is -2.36. The molecule has 6 nitrogen and oxygen atoms in total.